The molecule has 0 amide bonds. The fourth-order valence-electron chi connectivity index (χ4n) is 2.20. The highest BCUT2D eigenvalue weighted by Crippen LogP contribution is 2.29. The second kappa shape index (κ2) is 7.49. The van der Waals surface area contributed by atoms with Gasteiger partial charge in [-0.25, -0.2) is 0 Å². The van der Waals surface area contributed by atoms with Crippen LogP contribution in [-0.2, 0) is 0 Å². The smallest absolute Gasteiger partial charge is 0.118 e. The van der Waals surface area contributed by atoms with Gasteiger partial charge in [-0.05, 0) is 73.5 Å². The number of aromatic hydroxyl groups is 1. The normalized spacial score (nSPS) is 11.4. The minimum Gasteiger partial charge on any atom is -0.508 e. The van der Waals surface area contributed by atoms with Gasteiger partial charge >= 0.3 is 0 Å². The average molecular weight is 330 g/mol. The number of hydrogen-bond acceptors (Lipinski definition) is 5. The molecular weight excluding hydrogens is 312 g/mol. The molecule has 0 heterocycles. The van der Waals surface area contributed by atoms with Crippen molar-refractivity contribution in [2.45, 2.75) is 13.8 Å². The number of azo groups is 2. The fourth-order valence-corrected chi connectivity index (χ4v) is 2.20. The summed E-state index contributed by atoms with van der Waals surface area (Å²) in [6.45, 7) is 3.72. The molecule has 0 atom stereocenters. The van der Waals surface area contributed by atoms with Gasteiger partial charge in [-0.15, -0.1) is 0 Å². The molecule has 0 aromatic heterocycles. The van der Waals surface area contributed by atoms with Crippen LogP contribution in [0.15, 0.2) is 87.2 Å². The minimum atomic E-state index is 0.268. The van der Waals surface area contributed by atoms with Crippen LogP contribution in [0.4, 0.5) is 22.7 Å². The van der Waals surface area contributed by atoms with Crippen molar-refractivity contribution in [1.82, 2.24) is 0 Å². The average Bonchev–Trinajstić information content (AvgIpc) is 2.64. The maximum absolute atomic E-state index is 9.68. The van der Waals surface area contributed by atoms with Gasteiger partial charge in [0, 0.05) is 0 Å². The first-order valence-electron chi connectivity index (χ1n) is 7.90. The van der Waals surface area contributed by atoms with Crippen molar-refractivity contribution < 1.29 is 5.11 Å². The minimum absolute atomic E-state index is 0.268. The maximum atomic E-state index is 9.68. The molecule has 3 rings (SSSR count). The van der Waals surface area contributed by atoms with E-state index in [-0.39, 0.29) is 5.75 Å². The van der Waals surface area contributed by atoms with Crippen LogP contribution in [-0.4, -0.2) is 5.11 Å². The van der Waals surface area contributed by atoms with Crippen LogP contribution in [0.2, 0.25) is 0 Å². The van der Waals surface area contributed by atoms with Gasteiger partial charge in [-0.2, -0.15) is 20.5 Å². The Morgan fingerprint density at radius 2 is 1.12 bits per heavy atom. The molecule has 0 saturated heterocycles. The molecule has 3 aromatic rings. The molecule has 124 valence electrons. The Kier molecular flexibility index (Phi) is 4.95. The lowest BCUT2D eigenvalue weighted by Gasteiger charge is -2.03. The van der Waals surface area contributed by atoms with Crippen molar-refractivity contribution in [3.8, 4) is 5.75 Å². The molecular formula is C20H18N4O. The van der Waals surface area contributed by atoms with E-state index in [1.807, 2.05) is 74.5 Å². The third-order valence-electron chi connectivity index (χ3n) is 3.67. The highest BCUT2D eigenvalue weighted by Gasteiger charge is 2.02. The summed E-state index contributed by atoms with van der Waals surface area (Å²) in [5, 5.41) is 26.6. The van der Waals surface area contributed by atoms with Gasteiger partial charge in [0.1, 0.15) is 5.75 Å². The van der Waals surface area contributed by atoms with Crippen LogP contribution >= 0.6 is 0 Å². The predicted molar refractivity (Wildman–Crippen MR) is 98.8 cm³/mol. The Balaban J connectivity index is 1.72. The predicted octanol–water partition coefficient (Wildman–Crippen LogP) is 6.84. The number of aryl methyl sites for hydroxylation is 2. The third-order valence-corrected chi connectivity index (χ3v) is 3.67. The largest absolute Gasteiger partial charge is 0.508 e. The van der Waals surface area contributed by atoms with E-state index in [9.17, 15) is 5.11 Å². The van der Waals surface area contributed by atoms with Gasteiger partial charge in [-0.3, -0.25) is 0 Å². The van der Waals surface area contributed by atoms with Crippen molar-refractivity contribution in [3.05, 3.63) is 77.9 Å². The van der Waals surface area contributed by atoms with Gasteiger partial charge in [0.15, 0.2) is 0 Å². The van der Waals surface area contributed by atoms with Gasteiger partial charge < -0.3 is 5.11 Å². The molecule has 0 bridgehead atoms. The number of phenols is 1. The Morgan fingerprint density at radius 1 is 0.600 bits per heavy atom. The zero-order valence-electron chi connectivity index (χ0n) is 14.1. The quantitative estimate of drug-likeness (QED) is 0.523. The molecule has 3 aromatic carbocycles. The molecule has 0 fully saturated rings. The van der Waals surface area contributed by atoms with E-state index in [2.05, 4.69) is 20.5 Å². The van der Waals surface area contributed by atoms with Crippen LogP contribution in [0.5, 0.6) is 5.75 Å². The molecule has 0 aliphatic rings. The van der Waals surface area contributed by atoms with E-state index in [1.54, 1.807) is 6.07 Å². The fraction of sp³-hybridized carbons (Fsp3) is 0.100. The first kappa shape index (κ1) is 16.5. The van der Waals surface area contributed by atoms with Crippen molar-refractivity contribution in [2.75, 3.05) is 0 Å². The van der Waals surface area contributed by atoms with Crippen LogP contribution < -0.4 is 0 Å². The van der Waals surface area contributed by atoms with Crippen molar-refractivity contribution >= 4 is 22.7 Å². The van der Waals surface area contributed by atoms with E-state index in [0.29, 0.717) is 0 Å². The van der Waals surface area contributed by atoms with E-state index in [1.165, 1.54) is 0 Å². The Bertz CT molecular complexity index is 916. The molecule has 0 saturated carbocycles. The molecule has 25 heavy (non-hydrogen) atoms. The summed E-state index contributed by atoms with van der Waals surface area (Å²) in [5.74, 6) is 0.268. The summed E-state index contributed by atoms with van der Waals surface area (Å²) in [5.41, 5.74) is 4.67. The lowest BCUT2D eigenvalue weighted by Crippen LogP contribution is -1.78. The zero-order chi connectivity index (χ0) is 17.6. The summed E-state index contributed by atoms with van der Waals surface area (Å²) in [7, 11) is 0. The molecule has 0 spiro atoms. The lowest BCUT2D eigenvalue weighted by atomic mass is 10.1. The summed E-state index contributed by atoms with van der Waals surface area (Å²) in [6, 6.07) is 20.4. The van der Waals surface area contributed by atoms with Crippen LogP contribution in [0, 0.1) is 13.8 Å². The SMILES string of the molecule is Cc1cc(N=Nc2ccc(N=Nc3ccccc3)cc2)c(C)cc1O. The number of phenolic OH excluding ortho intramolecular Hbond substituents is 1. The lowest BCUT2D eigenvalue weighted by molar-refractivity contribution is 0.470. The third kappa shape index (κ3) is 4.35. The summed E-state index contributed by atoms with van der Waals surface area (Å²) >= 11 is 0. The molecule has 5 nitrogen and oxygen atoms in total. The van der Waals surface area contributed by atoms with Crippen LogP contribution in [0.25, 0.3) is 0 Å². The maximum Gasteiger partial charge on any atom is 0.118 e. The molecule has 0 aliphatic heterocycles. The number of nitrogens with zero attached hydrogens (tertiary/aromatic N) is 4. The number of benzene rings is 3. The summed E-state index contributed by atoms with van der Waals surface area (Å²) in [4.78, 5) is 0. The monoisotopic (exact) mass is 330 g/mol. The Morgan fingerprint density at radius 3 is 1.72 bits per heavy atom. The van der Waals surface area contributed by atoms with Crippen molar-refractivity contribution in [3.63, 3.8) is 0 Å². The first-order chi connectivity index (χ1) is 12.1. The summed E-state index contributed by atoms with van der Waals surface area (Å²) < 4.78 is 0. The van der Waals surface area contributed by atoms with Crippen molar-refractivity contribution in [2.24, 2.45) is 20.5 Å². The topological polar surface area (TPSA) is 69.7 Å². The zero-order valence-corrected chi connectivity index (χ0v) is 14.1. The second-order valence-corrected chi connectivity index (χ2v) is 5.68. The molecule has 0 unspecified atom stereocenters. The summed E-state index contributed by atoms with van der Waals surface area (Å²) in [6.07, 6.45) is 0. The Labute approximate surface area is 146 Å². The van der Waals surface area contributed by atoms with Gasteiger partial charge in [0.05, 0.1) is 22.7 Å². The van der Waals surface area contributed by atoms with E-state index >= 15 is 0 Å². The van der Waals surface area contributed by atoms with Crippen LogP contribution in [0.1, 0.15) is 11.1 Å². The van der Waals surface area contributed by atoms with Crippen molar-refractivity contribution in [1.29, 1.82) is 0 Å². The van der Waals surface area contributed by atoms with Crippen LogP contribution in [0.3, 0.4) is 0 Å². The highest BCUT2D eigenvalue weighted by atomic mass is 16.3. The van der Waals surface area contributed by atoms with Gasteiger partial charge in [0.2, 0.25) is 0 Å². The molecule has 5 heteroatoms. The molecule has 0 radical (unpaired) electrons. The molecule has 1 N–H and O–H groups in total. The van der Waals surface area contributed by atoms with E-state index < -0.39 is 0 Å². The Hall–Kier alpha value is -3.34. The second-order valence-electron chi connectivity index (χ2n) is 5.68. The van der Waals surface area contributed by atoms with Gasteiger partial charge in [-0.1, -0.05) is 18.2 Å². The van der Waals surface area contributed by atoms with E-state index in [4.69, 9.17) is 0 Å². The molecule has 0 aliphatic carbocycles. The standard InChI is InChI=1S/C20H18N4O/c1-14-13-20(25)15(2)12-19(14)24-23-18-10-8-17(9-11-18)22-21-16-6-4-3-5-7-16/h3-13,25H,1-2H3. The highest BCUT2D eigenvalue weighted by molar-refractivity contribution is 5.53. The number of rotatable bonds is 4. The first-order valence-corrected chi connectivity index (χ1v) is 7.90. The van der Waals surface area contributed by atoms with E-state index in [0.717, 1.165) is 33.9 Å². The van der Waals surface area contributed by atoms with Gasteiger partial charge in [0.25, 0.3) is 0 Å². The number of hydrogen-bond donors (Lipinski definition) is 1.